The smallest absolute Gasteiger partial charge is 0.115 e. The van der Waals surface area contributed by atoms with Crippen molar-refractivity contribution in [1.29, 1.82) is 0 Å². The summed E-state index contributed by atoms with van der Waals surface area (Å²) < 4.78 is 5.21. The number of aliphatic hydroxyl groups excluding tert-OH is 1. The van der Waals surface area contributed by atoms with E-state index in [0.29, 0.717) is 0 Å². The maximum atomic E-state index is 9.17. The first-order valence-corrected chi connectivity index (χ1v) is 5.14. The van der Waals surface area contributed by atoms with Crippen molar-refractivity contribution in [1.82, 2.24) is 4.90 Å². The molecular weight excluding hydrogens is 178 g/mol. The van der Waals surface area contributed by atoms with Crippen LogP contribution in [0.1, 0.15) is 19.3 Å². The molecule has 1 aliphatic heterocycles. The van der Waals surface area contributed by atoms with E-state index in [2.05, 4.69) is 4.90 Å². The van der Waals surface area contributed by atoms with Gasteiger partial charge in [0.25, 0.3) is 0 Å². The van der Waals surface area contributed by atoms with Gasteiger partial charge in [-0.2, -0.15) is 0 Å². The molecule has 3 nitrogen and oxygen atoms in total. The van der Waals surface area contributed by atoms with Crippen molar-refractivity contribution in [2.75, 3.05) is 20.3 Å². The number of nitrogens with zero attached hydrogens (tertiary/aromatic N) is 1. The number of aliphatic hydroxyl groups is 1. The SMILES string of the molecule is COC1=CN(CC2CC2)C(CO)=CC1. The molecule has 0 bridgehead atoms. The molecule has 3 heteroatoms. The largest absolute Gasteiger partial charge is 0.499 e. The Morgan fingerprint density at radius 3 is 2.93 bits per heavy atom. The van der Waals surface area contributed by atoms with E-state index < -0.39 is 0 Å². The van der Waals surface area contributed by atoms with Gasteiger partial charge in [-0.3, -0.25) is 0 Å². The minimum atomic E-state index is 0.125. The van der Waals surface area contributed by atoms with Crippen molar-refractivity contribution >= 4 is 0 Å². The molecule has 0 aromatic rings. The minimum Gasteiger partial charge on any atom is -0.499 e. The van der Waals surface area contributed by atoms with Crippen LogP contribution in [0.2, 0.25) is 0 Å². The lowest BCUT2D eigenvalue weighted by atomic mass is 10.2. The molecule has 0 amide bonds. The van der Waals surface area contributed by atoms with Gasteiger partial charge in [-0.15, -0.1) is 0 Å². The van der Waals surface area contributed by atoms with Gasteiger partial charge < -0.3 is 14.7 Å². The van der Waals surface area contributed by atoms with Gasteiger partial charge in [0.2, 0.25) is 0 Å². The van der Waals surface area contributed by atoms with Crippen LogP contribution >= 0.6 is 0 Å². The highest BCUT2D eigenvalue weighted by atomic mass is 16.5. The highest BCUT2D eigenvalue weighted by molar-refractivity contribution is 5.17. The van der Waals surface area contributed by atoms with Crippen molar-refractivity contribution in [3.05, 3.63) is 23.7 Å². The standard InChI is InChI=1S/C11H17NO2/c1-14-11-5-4-10(8-13)12(7-11)6-9-2-3-9/h4,7,9,13H,2-3,5-6,8H2,1H3. The van der Waals surface area contributed by atoms with Crippen molar-refractivity contribution < 1.29 is 9.84 Å². The molecule has 0 unspecified atom stereocenters. The van der Waals surface area contributed by atoms with Gasteiger partial charge in [0.15, 0.2) is 0 Å². The molecule has 0 atom stereocenters. The van der Waals surface area contributed by atoms with E-state index in [1.807, 2.05) is 12.3 Å². The summed E-state index contributed by atoms with van der Waals surface area (Å²) in [5, 5.41) is 9.17. The Hall–Kier alpha value is -0.960. The summed E-state index contributed by atoms with van der Waals surface area (Å²) in [6.45, 7) is 1.15. The van der Waals surface area contributed by atoms with Crippen LogP contribution in [0.4, 0.5) is 0 Å². The maximum Gasteiger partial charge on any atom is 0.115 e. The van der Waals surface area contributed by atoms with Crippen LogP contribution < -0.4 is 0 Å². The summed E-state index contributed by atoms with van der Waals surface area (Å²) in [6.07, 6.45) is 7.51. The fourth-order valence-electron chi connectivity index (χ4n) is 1.69. The second-order valence-corrected chi connectivity index (χ2v) is 3.95. The van der Waals surface area contributed by atoms with Crippen LogP contribution in [0.25, 0.3) is 0 Å². The molecule has 1 saturated carbocycles. The number of allylic oxidation sites excluding steroid dienone is 1. The molecule has 2 aliphatic rings. The first kappa shape index (κ1) is 9.59. The molecular formula is C11H17NO2. The van der Waals surface area contributed by atoms with Crippen LogP contribution in [0.15, 0.2) is 23.7 Å². The van der Waals surface area contributed by atoms with E-state index in [1.54, 1.807) is 7.11 Å². The predicted molar refractivity (Wildman–Crippen MR) is 54.3 cm³/mol. The second-order valence-electron chi connectivity index (χ2n) is 3.95. The minimum absolute atomic E-state index is 0.125. The van der Waals surface area contributed by atoms with E-state index in [4.69, 9.17) is 4.74 Å². The van der Waals surface area contributed by atoms with Crippen molar-refractivity contribution in [2.45, 2.75) is 19.3 Å². The molecule has 78 valence electrons. The second kappa shape index (κ2) is 4.05. The van der Waals surface area contributed by atoms with Gasteiger partial charge in [0.1, 0.15) is 5.76 Å². The Bertz CT molecular complexity index is 266. The molecule has 1 fully saturated rings. The molecule has 0 saturated heterocycles. The van der Waals surface area contributed by atoms with Crippen molar-refractivity contribution in [3.8, 4) is 0 Å². The van der Waals surface area contributed by atoms with Crippen LogP contribution in [0.3, 0.4) is 0 Å². The predicted octanol–water partition coefficient (Wildman–Crippen LogP) is 1.47. The highest BCUT2D eigenvalue weighted by Crippen LogP contribution is 2.32. The maximum absolute atomic E-state index is 9.17. The Kier molecular flexibility index (Phi) is 2.77. The third-order valence-electron chi connectivity index (χ3n) is 2.78. The Morgan fingerprint density at radius 2 is 2.36 bits per heavy atom. The van der Waals surface area contributed by atoms with Crippen molar-refractivity contribution in [2.24, 2.45) is 5.92 Å². The summed E-state index contributed by atoms with van der Waals surface area (Å²) in [4.78, 5) is 2.12. The van der Waals surface area contributed by atoms with Crippen molar-refractivity contribution in [3.63, 3.8) is 0 Å². The van der Waals surface area contributed by atoms with Gasteiger partial charge in [0.05, 0.1) is 13.7 Å². The Labute approximate surface area is 84.7 Å². The zero-order chi connectivity index (χ0) is 9.97. The zero-order valence-corrected chi connectivity index (χ0v) is 8.57. The lowest BCUT2D eigenvalue weighted by Crippen LogP contribution is -2.24. The number of hydrogen-bond acceptors (Lipinski definition) is 3. The van der Waals surface area contributed by atoms with E-state index in [9.17, 15) is 5.11 Å². The molecule has 2 rings (SSSR count). The average molecular weight is 195 g/mol. The third-order valence-corrected chi connectivity index (χ3v) is 2.78. The Balaban J connectivity index is 2.02. The summed E-state index contributed by atoms with van der Waals surface area (Å²) in [6, 6.07) is 0. The van der Waals surface area contributed by atoms with Crippen LogP contribution in [-0.2, 0) is 4.74 Å². The number of ether oxygens (including phenoxy) is 1. The number of hydrogen-bond donors (Lipinski definition) is 1. The average Bonchev–Trinajstić information content (AvgIpc) is 3.01. The van der Waals surface area contributed by atoms with Gasteiger partial charge in [-0.1, -0.05) is 6.08 Å². The monoisotopic (exact) mass is 195 g/mol. The van der Waals surface area contributed by atoms with Crippen LogP contribution in [0.5, 0.6) is 0 Å². The quantitative estimate of drug-likeness (QED) is 0.737. The normalized spacial score (nSPS) is 21.7. The van der Waals surface area contributed by atoms with E-state index >= 15 is 0 Å². The molecule has 1 aliphatic carbocycles. The topological polar surface area (TPSA) is 32.7 Å². The van der Waals surface area contributed by atoms with E-state index in [0.717, 1.165) is 30.3 Å². The lowest BCUT2D eigenvalue weighted by Gasteiger charge is -2.26. The van der Waals surface area contributed by atoms with E-state index in [1.165, 1.54) is 12.8 Å². The summed E-state index contributed by atoms with van der Waals surface area (Å²) in [5.74, 6) is 1.79. The summed E-state index contributed by atoms with van der Waals surface area (Å²) in [5.41, 5.74) is 1.01. The highest BCUT2D eigenvalue weighted by Gasteiger charge is 2.25. The first-order chi connectivity index (χ1) is 6.83. The molecule has 0 aromatic carbocycles. The van der Waals surface area contributed by atoms with E-state index in [-0.39, 0.29) is 6.61 Å². The van der Waals surface area contributed by atoms with Gasteiger partial charge in [0, 0.05) is 24.9 Å². The molecule has 0 radical (unpaired) electrons. The number of methoxy groups -OCH3 is 1. The van der Waals surface area contributed by atoms with Gasteiger partial charge >= 0.3 is 0 Å². The fourth-order valence-corrected chi connectivity index (χ4v) is 1.69. The zero-order valence-electron chi connectivity index (χ0n) is 8.57. The summed E-state index contributed by atoms with van der Waals surface area (Å²) >= 11 is 0. The Morgan fingerprint density at radius 1 is 1.57 bits per heavy atom. The first-order valence-electron chi connectivity index (χ1n) is 5.14. The molecule has 0 aromatic heterocycles. The lowest BCUT2D eigenvalue weighted by molar-refractivity contribution is 0.242. The van der Waals surface area contributed by atoms with Gasteiger partial charge in [-0.25, -0.2) is 0 Å². The summed E-state index contributed by atoms with van der Waals surface area (Å²) in [7, 11) is 1.69. The molecule has 1 N–H and O–H groups in total. The van der Waals surface area contributed by atoms with Crippen LogP contribution in [0, 0.1) is 5.92 Å². The molecule has 0 spiro atoms. The fraction of sp³-hybridized carbons (Fsp3) is 0.636. The third kappa shape index (κ3) is 2.10. The number of rotatable bonds is 4. The van der Waals surface area contributed by atoms with Crippen LogP contribution in [-0.4, -0.2) is 30.3 Å². The van der Waals surface area contributed by atoms with Gasteiger partial charge in [-0.05, 0) is 18.8 Å². The molecule has 14 heavy (non-hydrogen) atoms. The molecule has 1 heterocycles.